The van der Waals surface area contributed by atoms with Gasteiger partial charge in [0.15, 0.2) is 0 Å². The molecule has 0 aliphatic heterocycles. The predicted octanol–water partition coefficient (Wildman–Crippen LogP) is 6.75. The SMILES string of the molecule is C=CCC=Cc1ccccc1.c1ccc(Oc2ccccc2)cc1. The molecule has 120 valence electrons. The quantitative estimate of drug-likeness (QED) is 0.473. The van der Waals surface area contributed by atoms with E-state index >= 15 is 0 Å². The van der Waals surface area contributed by atoms with Gasteiger partial charge in [0.2, 0.25) is 0 Å². The Morgan fingerprint density at radius 3 is 1.58 bits per heavy atom. The molecular formula is C23H22O. The number of ether oxygens (including phenoxy) is 1. The van der Waals surface area contributed by atoms with Gasteiger partial charge < -0.3 is 4.74 Å². The van der Waals surface area contributed by atoms with Crippen LogP contribution in [0.15, 0.2) is 110 Å². The number of para-hydroxylation sites is 2. The molecule has 0 atom stereocenters. The van der Waals surface area contributed by atoms with Crippen molar-refractivity contribution in [3.63, 3.8) is 0 Å². The summed E-state index contributed by atoms with van der Waals surface area (Å²) in [5.41, 5.74) is 1.24. The summed E-state index contributed by atoms with van der Waals surface area (Å²) in [7, 11) is 0. The highest BCUT2D eigenvalue weighted by atomic mass is 16.5. The van der Waals surface area contributed by atoms with Gasteiger partial charge in [0.25, 0.3) is 0 Å². The zero-order chi connectivity index (χ0) is 16.9. The smallest absolute Gasteiger partial charge is 0.127 e. The second-order valence-electron chi connectivity index (χ2n) is 5.07. The highest BCUT2D eigenvalue weighted by Crippen LogP contribution is 2.19. The van der Waals surface area contributed by atoms with Crippen LogP contribution in [0.4, 0.5) is 0 Å². The van der Waals surface area contributed by atoms with Gasteiger partial charge in [-0.15, -0.1) is 6.58 Å². The van der Waals surface area contributed by atoms with Crippen LogP contribution in [0.2, 0.25) is 0 Å². The van der Waals surface area contributed by atoms with Gasteiger partial charge >= 0.3 is 0 Å². The Bertz CT molecular complexity index is 678. The molecule has 3 aromatic carbocycles. The third-order valence-electron chi connectivity index (χ3n) is 3.13. The normalized spacial score (nSPS) is 9.83. The van der Waals surface area contributed by atoms with E-state index in [9.17, 15) is 0 Å². The first-order valence-electron chi connectivity index (χ1n) is 7.99. The summed E-state index contributed by atoms with van der Waals surface area (Å²) in [5.74, 6) is 1.74. The zero-order valence-electron chi connectivity index (χ0n) is 13.7. The molecule has 3 rings (SSSR count). The van der Waals surface area contributed by atoms with E-state index in [2.05, 4.69) is 30.9 Å². The van der Waals surface area contributed by atoms with E-state index in [-0.39, 0.29) is 0 Å². The van der Waals surface area contributed by atoms with Crippen molar-refractivity contribution >= 4 is 6.08 Å². The molecule has 1 heteroatoms. The van der Waals surface area contributed by atoms with Crippen LogP contribution < -0.4 is 4.74 Å². The number of rotatable bonds is 5. The molecule has 0 bridgehead atoms. The van der Waals surface area contributed by atoms with Crippen molar-refractivity contribution in [3.05, 3.63) is 115 Å². The van der Waals surface area contributed by atoms with Gasteiger partial charge in [-0.25, -0.2) is 0 Å². The van der Waals surface area contributed by atoms with Crippen LogP contribution in [0.3, 0.4) is 0 Å². The summed E-state index contributed by atoms with van der Waals surface area (Å²) in [6.45, 7) is 3.64. The molecule has 0 N–H and O–H groups in total. The molecule has 3 aromatic rings. The van der Waals surface area contributed by atoms with Crippen molar-refractivity contribution in [3.8, 4) is 11.5 Å². The maximum atomic E-state index is 5.58. The fraction of sp³-hybridized carbons (Fsp3) is 0.0435. The lowest BCUT2D eigenvalue weighted by atomic mass is 10.2. The summed E-state index contributed by atoms with van der Waals surface area (Å²) in [6.07, 6.45) is 7.03. The van der Waals surface area contributed by atoms with Crippen molar-refractivity contribution in [2.75, 3.05) is 0 Å². The van der Waals surface area contributed by atoms with Crippen molar-refractivity contribution in [2.24, 2.45) is 0 Å². The molecule has 1 nitrogen and oxygen atoms in total. The fourth-order valence-corrected chi connectivity index (χ4v) is 1.98. The summed E-state index contributed by atoms with van der Waals surface area (Å²) < 4.78 is 5.58. The van der Waals surface area contributed by atoms with Gasteiger partial charge in [0.05, 0.1) is 0 Å². The number of hydrogen-bond donors (Lipinski definition) is 0. The summed E-state index contributed by atoms with van der Waals surface area (Å²) in [4.78, 5) is 0. The summed E-state index contributed by atoms with van der Waals surface area (Å²) >= 11 is 0. The van der Waals surface area contributed by atoms with Crippen molar-refractivity contribution < 1.29 is 4.74 Å². The fourth-order valence-electron chi connectivity index (χ4n) is 1.98. The predicted molar refractivity (Wildman–Crippen MR) is 103 cm³/mol. The van der Waals surface area contributed by atoms with E-state index in [0.29, 0.717) is 0 Å². The first kappa shape index (κ1) is 17.3. The van der Waals surface area contributed by atoms with E-state index in [0.717, 1.165) is 17.9 Å². The summed E-state index contributed by atoms with van der Waals surface area (Å²) in [5, 5.41) is 0. The molecule has 0 heterocycles. The molecular weight excluding hydrogens is 292 g/mol. The van der Waals surface area contributed by atoms with E-state index in [1.54, 1.807) is 0 Å². The van der Waals surface area contributed by atoms with Crippen LogP contribution in [-0.4, -0.2) is 0 Å². The minimum atomic E-state index is 0.869. The standard InChI is InChI=1S/C12H10O.C11H12/c1-3-7-11(8-4-1)13-12-9-5-2-6-10-12;1-2-3-5-8-11-9-6-4-7-10-11/h1-10H;2,4-10H,1,3H2. The third-order valence-corrected chi connectivity index (χ3v) is 3.13. The number of hydrogen-bond acceptors (Lipinski definition) is 1. The Morgan fingerprint density at radius 1 is 0.667 bits per heavy atom. The Morgan fingerprint density at radius 2 is 1.12 bits per heavy atom. The Hall–Kier alpha value is -3.06. The van der Waals surface area contributed by atoms with Gasteiger partial charge in [-0.3, -0.25) is 0 Å². The van der Waals surface area contributed by atoms with Crippen molar-refractivity contribution in [1.29, 1.82) is 0 Å². The molecule has 0 fully saturated rings. The minimum absolute atomic E-state index is 0.869. The highest BCUT2D eigenvalue weighted by Gasteiger charge is 1.92. The zero-order valence-corrected chi connectivity index (χ0v) is 13.7. The van der Waals surface area contributed by atoms with Crippen LogP contribution in [0.1, 0.15) is 12.0 Å². The van der Waals surface area contributed by atoms with Crippen LogP contribution in [0.5, 0.6) is 11.5 Å². The molecule has 24 heavy (non-hydrogen) atoms. The molecule has 0 aromatic heterocycles. The first-order valence-corrected chi connectivity index (χ1v) is 7.99. The van der Waals surface area contributed by atoms with Gasteiger partial charge in [-0.1, -0.05) is 85.0 Å². The monoisotopic (exact) mass is 314 g/mol. The van der Waals surface area contributed by atoms with Crippen LogP contribution in [0.25, 0.3) is 6.08 Å². The second-order valence-corrected chi connectivity index (χ2v) is 5.07. The highest BCUT2D eigenvalue weighted by molar-refractivity contribution is 5.48. The van der Waals surface area contributed by atoms with E-state index in [1.165, 1.54) is 5.56 Å². The van der Waals surface area contributed by atoms with E-state index in [1.807, 2.05) is 84.9 Å². The molecule has 0 spiro atoms. The molecule has 0 saturated carbocycles. The van der Waals surface area contributed by atoms with Crippen molar-refractivity contribution in [2.45, 2.75) is 6.42 Å². The van der Waals surface area contributed by atoms with E-state index in [4.69, 9.17) is 4.74 Å². The minimum Gasteiger partial charge on any atom is -0.457 e. The number of benzene rings is 3. The van der Waals surface area contributed by atoms with E-state index < -0.39 is 0 Å². The Balaban J connectivity index is 0.000000177. The first-order chi connectivity index (χ1) is 11.9. The Labute approximate surface area is 144 Å². The van der Waals surface area contributed by atoms with Gasteiger partial charge in [0.1, 0.15) is 11.5 Å². The average molecular weight is 314 g/mol. The maximum Gasteiger partial charge on any atom is 0.127 e. The average Bonchev–Trinajstić information content (AvgIpc) is 2.65. The van der Waals surface area contributed by atoms with Gasteiger partial charge in [-0.2, -0.15) is 0 Å². The van der Waals surface area contributed by atoms with Gasteiger partial charge in [-0.05, 0) is 36.2 Å². The molecule has 0 radical (unpaired) electrons. The number of allylic oxidation sites excluding steroid dienone is 2. The van der Waals surface area contributed by atoms with Crippen molar-refractivity contribution in [1.82, 2.24) is 0 Å². The topological polar surface area (TPSA) is 9.23 Å². The molecule has 0 aliphatic rings. The van der Waals surface area contributed by atoms with Crippen LogP contribution in [0, 0.1) is 0 Å². The molecule has 0 amide bonds. The molecule has 0 unspecified atom stereocenters. The van der Waals surface area contributed by atoms with Crippen LogP contribution >= 0.6 is 0 Å². The maximum absolute atomic E-state index is 5.58. The Kier molecular flexibility index (Phi) is 7.66. The lowest BCUT2D eigenvalue weighted by Gasteiger charge is -2.03. The molecule has 0 saturated heterocycles. The largest absolute Gasteiger partial charge is 0.457 e. The second kappa shape index (κ2) is 10.6. The third kappa shape index (κ3) is 6.80. The van der Waals surface area contributed by atoms with Crippen LogP contribution in [-0.2, 0) is 0 Å². The molecule has 0 aliphatic carbocycles. The lowest BCUT2D eigenvalue weighted by Crippen LogP contribution is -1.81. The lowest BCUT2D eigenvalue weighted by molar-refractivity contribution is 0.482. The summed E-state index contributed by atoms with van der Waals surface area (Å²) in [6, 6.07) is 29.8. The van der Waals surface area contributed by atoms with Gasteiger partial charge in [0, 0.05) is 0 Å².